The van der Waals surface area contributed by atoms with Crippen LogP contribution in [0.1, 0.15) is 37.9 Å². The third-order valence-electron chi connectivity index (χ3n) is 4.86. The number of alkyl halides is 2. The monoisotopic (exact) mass is 412 g/mol. The summed E-state index contributed by atoms with van der Waals surface area (Å²) in [7, 11) is 3.76. The normalized spacial score (nSPS) is 11.1. The highest BCUT2D eigenvalue weighted by molar-refractivity contribution is 6.18. The van der Waals surface area contributed by atoms with Gasteiger partial charge in [-0.3, -0.25) is 4.79 Å². The van der Waals surface area contributed by atoms with Crippen LogP contribution in [-0.2, 0) is 18.3 Å². The van der Waals surface area contributed by atoms with E-state index in [1.54, 1.807) is 7.05 Å². The first kappa shape index (κ1) is 21.8. The summed E-state index contributed by atoms with van der Waals surface area (Å²) < 4.78 is 2.18. The Morgan fingerprint density at radius 1 is 1.15 bits per heavy atom. The van der Waals surface area contributed by atoms with E-state index in [4.69, 9.17) is 28.2 Å². The van der Waals surface area contributed by atoms with Crippen molar-refractivity contribution < 1.29 is 4.79 Å². The number of halogens is 2. The van der Waals surface area contributed by atoms with Crippen molar-refractivity contribution in [2.75, 3.05) is 36.8 Å². The van der Waals surface area contributed by atoms with Gasteiger partial charge in [0.1, 0.15) is 5.82 Å². The number of rotatable bonds is 12. The SMILES string of the molecule is CNC(=O)CCCCCCc1nc2ccc(N(CCCl)CCCl)cc2n1C. The number of carbonyl (C=O) groups is 1. The van der Waals surface area contributed by atoms with E-state index in [2.05, 4.69) is 40.0 Å². The number of anilines is 1. The maximum Gasteiger partial charge on any atom is 0.219 e. The number of hydrogen-bond donors (Lipinski definition) is 1. The molecule has 7 heteroatoms. The molecule has 0 aliphatic rings. The van der Waals surface area contributed by atoms with Gasteiger partial charge in [-0.2, -0.15) is 0 Å². The second kappa shape index (κ2) is 11.4. The van der Waals surface area contributed by atoms with Gasteiger partial charge in [0.05, 0.1) is 11.0 Å². The summed E-state index contributed by atoms with van der Waals surface area (Å²) in [4.78, 5) is 18.2. The van der Waals surface area contributed by atoms with Crippen LogP contribution in [-0.4, -0.2) is 47.4 Å². The largest absolute Gasteiger partial charge is 0.369 e. The van der Waals surface area contributed by atoms with Crippen molar-refractivity contribution in [3.05, 3.63) is 24.0 Å². The fourth-order valence-corrected chi connectivity index (χ4v) is 3.68. The predicted molar refractivity (Wildman–Crippen MR) is 115 cm³/mol. The first-order valence-electron chi connectivity index (χ1n) is 9.63. The maximum atomic E-state index is 11.2. The number of aryl methyl sites for hydroxylation is 2. The zero-order valence-electron chi connectivity index (χ0n) is 16.3. The van der Waals surface area contributed by atoms with Crippen LogP contribution in [0, 0.1) is 0 Å². The van der Waals surface area contributed by atoms with Crippen molar-refractivity contribution in [3.8, 4) is 0 Å². The van der Waals surface area contributed by atoms with Crippen molar-refractivity contribution in [2.45, 2.75) is 38.5 Å². The molecule has 0 saturated carbocycles. The molecule has 0 fully saturated rings. The molecule has 0 spiro atoms. The predicted octanol–water partition coefficient (Wildman–Crippen LogP) is 4.10. The molecule has 2 rings (SSSR count). The fourth-order valence-electron chi connectivity index (χ4n) is 3.27. The standard InChI is InChI=1S/C20H30Cl2N4O/c1-23-20(27)8-6-4-3-5-7-19-24-17-10-9-16(15-18(17)25(19)2)26(13-11-21)14-12-22/h9-10,15H,3-8,11-14H2,1-2H3,(H,23,27). The van der Waals surface area contributed by atoms with Crippen molar-refractivity contribution in [1.29, 1.82) is 0 Å². The Kier molecular flexibility index (Phi) is 9.22. The Hall–Kier alpha value is -1.46. The molecule has 5 nitrogen and oxygen atoms in total. The van der Waals surface area contributed by atoms with E-state index in [0.29, 0.717) is 18.2 Å². The highest BCUT2D eigenvalue weighted by Gasteiger charge is 2.11. The van der Waals surface area contributed by atoms with Gasteiger partial charge in [-0.05, 0) is 31.0 Å². The Balaban J connectivity index is 1.96. The fraction of sp³-hybridized carbons (Fsp3) is 0.600. The number of carbonyl (C=O) groups excluding carboxylic acids is 1. The maximum absolute atomic E-state index is 11.2. The molecule has 0 saturated heterocycles. The Bertz CT molecular complexity index is 726. The molecule has 0 atom stereocenters. The number of unbranched alkanes of at least 4 members (excludes halogenated alkanes) is 3. The number of hydrogen-bond acceptors (Lipinski definition) is 3. The topological polar surface area (TPSA) is 50.2 Å². The average Bonchev–Trinajstić information content (AvgIpc) is 2.99. The lowest BCUT2D eigenvalue weighted by atomic mass is 10.1. The van der Waals surface area contributed by atoms with Crippen molar-refractivity contribution in [2.24, 2.45) is 7.05 Å². The second-order valence-electron chi connectivity index (χ2n) is 6.71. The van der Waals surface area contributed by atoms with Crippen LogP contribution in [0.3, 0.4) is 0 Å². The third-order valence-corrected chi connectivity index (χ3v) is 5.20. The molecule has 1 aromatic heterocycles. The smallest absolute Gasteiger partial charge is 0.219 e. The molecule has 0 bridgehead atoms. The molecule has 1 amide bonds. The lowest BCUT2D eigenvalue weighted by Gasteiger charge is -2.22. The van der Waals surface area contributed by atoms with Crippen LogP contribution < -0.4 is 10.2 Å². The highest BCUT2D eigenvalue weighted by Crippen LogP contribution is 2.23. The molecule has 0 unspecified atom stereocenters. The number of imidazole rings is 1. The van der Waals surface area contributed by atoms with Crippen LogP contribution in [0.25, 0.3) is 11.0 Å². The summed E-state index contributed by atoms with van der Waals surface area (Å²) in [5.74, 6) is 2.38. The number of amides is 1. The molecule has 27 heavy (non-hydrogen) atoms. The average molecular weight is 413 g/mol. The van der Waals surface area contributed by atoms with Crippen LogP contribution in [0.4, 0.5) is 5.69 Å². The Morgan fingerprint density at radius 2 is 1.85 bits per heavy atom. The van der Waals surface area contributed by atoms with E-state index < -0.39 is 0 Å². The molecule has 0 aliphatic carbocycles. The molecular weight excluding hydrogens is 383 g/mol. The second-order valence-corrected chi connectivity index (χ2v) is 7.47. The van der Waals surface area contributed by atoms with Gasteiger partial charge in [-0.1, -0.05) is 12.8 Å². The summed E-state index contributed by atoms with van der Waals surface area (Å²) in [6.07, 6.45) is 5.79. The van der Waals surface area contributed by atoms with Gasteiger partial charge in [0.15, 0.2) is 0 Å². The molecule has 1 aromatic carbocycles. The minimum Gasteiger partial charge on any atom is -0.369 e. The first-order valence-corrected chi connectivity index (χ1v) is 10.7. The van der Waals surface area contributed by atoms with Crippen molar-refractivity contribution in [1.82, 2.24) is 14.9 Å². The van der Waals surface area contributed by atoms with Crippen LogP contribution in [0.15, 0.2) is 18.2 Å². The minimum atomic E-state index is 0.124. The molecular formula is C20H30Cl2N4O. The van der Waals surface area contributed by atoms with Gasteiger partial charge in [0, 0.05) is 57.5 Å². The highest BCUT2D eigenvalue weighted by atomic mass is 35.5. The quantitative estimate of drug-likeness (QED) is 0.421. The van der Waals surface area contributed by atoms with E-state index in [1.165, 1.54) is 0 Å². The van der Waals surface area contributed by atoms with E-state index >= 15 is 0 Å². The number of aromatic nitrogens is 2. The number of nitrogens with one attached hydrogen (secondary N) is 1. The molecule has 2 aromatic rings. The Labute approximate surface area is 172 Å². The van der Waals surface area contributed by atoms with E-state index in [-0.39, 0.29) is 5.91 Å². The van der Waals surface area contributed by atoms with Gasteiger partial charge < -0.3 is 14.8 Å². The number of benzene rings is 1. The first-order chi connectivity index (χ1) is 13.1. The summed E-state index contributed by atoms with van der Waals surface area (Å²) >= 11 is 11.9. The zero-order valence-corrected chi connectivity index (χ0v) is 17.8. The van der Waals surface area contributed by atoms with Gasteiger partial charge in [0.25, 0.3) is 0 Å². The van der Waals surface area contributed by atoms with Gasteiger partial charge >= 0.3 is 0 Å². The lowest BCUT2D eigenvalue weighted by molar-refractivity contribution is -0.120. The summed E-state index contributed by atoms with van der Waals surface area (Å²) in [5.41, 5.74) is 3.29. The van der Waals surface area contributed by atoms with E-state index in [0.717, 1.165) is 67.7 Å². The van der Waals surface area contributed by atoms with E-state index in [1.807, 2.05) is 0 Å². The third kappa shape index (κ3) is 6.28. The zero-order chi connectivity index (χ0) is 19.6. The van der Waals surface area contributed by atoms with Crippen LogP contribution in [0.2, 0.25) is 0 Å². The summed E-state index contributed by atoms with van der Waals surface area (Å²) in [5, 5.41) is 2.66. The lowest BCUT2D eigenvalue weighted by Crippen LogP contribution is -2.27. The van der Waals surface area contributed by atoms with Gasteiger partial charge in [-0.25, -0.2) is 4.98 Å². The molecule has 150 valence electrons. The number of fused-ring (bicyclic) bond motifs is 1. The minimum absolute atomic E-state index is 0.124. The molecule has 0 aliphatic heterocycles. The van der Waals surface area contributed by atoms with Crippen LogP contribution in [0.5, 0.6) is 0 Å². The molecule has 1 N–H and O–H groups in total. The van der Waals surface area contributed by atoms with Gasteiger partial charge in [0.2, 0.25) is 5.91 Å². The van der Waals surface area contributed by atoms with Crippen molar-refractivity contribution >= 4 is 45.8 Å². The van der Waals surface area contributed by atoms with Crippen molar-refractivity contribution in [3.63, 3.8) is 0 Å². The molecule has 0 radical (unpaired) electrons. The molecule has 1 heterocycles. The number of nitrogens with zero attached hydrogens (tertiary/aromatic N) is 3. The van der Waals surface area contributed by atoms with Gasteiger partial charge in [-0.15, -0.1) is 23.2 Å². The Morgan fingerprint density at radius 3 is 2.52 bits per heavy atom. The van der Waals surface area contributed by atoms with Crippen LogP contribution >= 0.6 is 23.2 Å². The summed E-state index contributed by atoms with van der Waals surface area (Å²) in [6, 6.07) is 6.35. The van der Waals surface area contributed by atoms with E-state index in [9.17, 15) is 4.79 Å². The summed E-state index contributed by atoms with van der Waals surface area (Å²) in [6.45, 7) is 1.56.